The highest BCUT2D eigenvalue weighted by Crippen LogP contribution is 2.38. The number of benzene rings is 1. The highest BCUT2D eigenvalue weighted by molar-refractivity contribution is 5.93. The molecule has 1 aliphatic carbocycles. The van der Waals surface area contributed by atoms with Gasteiger partial charge >= 0.3 is 5.97 Å². The van der Waals surface area contributed by atoms with Gasteiger partial charge in [-0.05, 0) is 50.8 Å². The number of hydrogen-bond acceptors (Lipinski definition) is 6. The van der Waals surface area contributed by atoms with Crippen LogP contribution in [0.5, 0.6) is 5.88 Å². The first-order valence-corrected chi connectivity index (χ1v) is 11.8. The van der Waals surface area contributed by atoms with Crippen molar-refractivity contribution >= 4 is 22.6 Å². The minimum atomic E-state index is -1.32. The van der Waals surface area contributed by atoms with Crippen molar-refractivity contribution in [2.24, 2.45) is 0 Å². The lowest BCUT2D eigenvalue weighted by atomic mass is 9.88. The second-order valence-electron chi connectivity index (χ2n) is 9.31. The second-order valence-corrected chi connectivity index (χ2v) is 9.31. The average molecular weight is 482 g/mol. The summed E-state index contributed by atoms with van der Waals surface area (Å²) >= 11 is 0. The average Bonchev–Trinajstić information content (AvgIpc) is 3.27. The first-order valence-electron chi connectivity index (χ1n) is 11.8. The molecule has 2 aliphatic rings. The number of aromatic nitrogens is 2. The van der Waals surface area contributed by atoms with Crippen molar-refractivity contribution < 1.29 is 23.8 Å². The van der Waals surface area contributed by atoms with Gasteiger partial charge < -0.3 is 24.0 Å². The molecule has 1 saturated heterocycles. The number of fused-ring (bicyclic) bond motifs is 1. The van der Waals surface area contributed by atoms with Crippen molar-refractivity contribution in [3.63, 3.8) is 0 Å². The van der Waals surface area contributed by atoms with Gasteiger partial charge in [-0.2, -0.15) is 0 Å². The highest BCUT2D eigenvalue weighted by Gasteiger charge is 2.33. The maximum absolute atomic E-state index is 15.4. The van der Waals surface area contributed by atoms with Gasteiger partial charge in [0.05, 0.1) is 23.3 Å². The summed E-state index contributed by atoms with van der Waals surface area (Å²) in [5, 5.41) is 9.64. The van der Waals surface area contributed by atoms with Crippen LogP contribution in [-0.4, -0.2) is 53.0 Å². The molecule has 0 spiro atoms. The number of hydrogen-bond donors (Lipinski definition) is 1. The summed E-state index contributed by atoms with van der Waals surface area (Å²) in [7, 11) is 1.64. The molecule has 35 heavy (non-hydrogen) atoms. The van der Waals surface area contributed by atoms with Crippen molar-refractivity contribution in [1.29, 1.82) is 0 Å². The lowest BCUT2D eigenvalue weighted by molar-refractivity contribution is 0.00726. The zero-order chi connectivity index (χ0) is 24.7. The Hall–Kier alpha value is -3.46. The number of carboxylic acids is 1. The number of rotatable bonds is 7. The van der Waals surface area contributed by atoms with E-state index in [-0.39, 0.29) is 29.1 Å². The third-order valence-corrected chi connectivity index (χ3v) is 7.19. The summed E-state index contributed by atoms with van der Waals surface area (Å²) in [6, 6.07) is 6.56. The molecule has 9 heteroatoms. The van der Waals surface area contributed by atoms with Crippen LogP contribution in [0.2, 0.25) is 0 Å². The Balaban J connectivity index is 1.52. The molecule has 1 N–H and O–H groups in total. The standard InChI is InChI=1S/C26H28FN3O5/c1-15-5-3-7-28-25(15)35-14-16-6-4-8-29(16)23-12-22-19(11-21(23)27)24(31)20(26(32)33)13-30(22)17-9-18(10-17)34-2/h3,5,7,11-13,16-18H,4,6,8-10,14H2,1-2H3,(H,32,33)/t16-,17?,18?/m1/s1. The van der Waals surface area contributed by atoms with E-state index in [0.29, 0.717) is 43.1 Å². The van der Waals surface area contributed by atoms with Crippen LogP contribution in [0.4, 0.5) is 10.1 Å². The maximum atomic E-state index is 15.4. The first kappa shape index (κ1) is 23.3. The SMILES string of the molecule is COC1CC(n2cc(C(=O)O)c(=O)c3cc(F)c(N4CCC[C@@H]4COc4ncccc4C)cc32)C1. The number of aromatic carboxylic acids is 1. The van der Waals surface area contributed by atoms with Crippen LogP contribution >= 0.6 is 0 Å². The van der Waals surface area contributed by atoms with Crippen LogP contribution in [0, 0.1) is 12.7 Å². The predicted octanol–water partition coefficient (Wildman–Crippen LogP) is 3.94. The van der Waals surface area contributed by atoms with Crippen LogP contribution in [0.3, 0.4) is 0 Å². The monoisotopic (exact) mass is 481 g/mol. The van der Waals surface area contributed by atoms with Gasteiger partial charge in [-0.15, -0.1) is 0 Å². The Labute approximate surface area is 201 Å². The number of carbonyl (C=O) groups is 1. The molecule has 0 bridgehead atoms. The summed E-state index contributed by atoms with van der Waals surface area (Å²) in [5.74, 6) is -1.31. The predicted molar refractivity (Wildman–Crippen MR) is 129 cm³/mol. The number of ether oxygens (including phenoxy) is 2. The van der Waals surface area contributed by atoms with Crippen LogP contribution in [0.15, 0.2) is 41.5 Å². The zero-order valence-corrected chi connectivity index (χ0v) is 19.7. The largest absolute Gasteiger partial charge is 0.477 e. The summed E-state index contributed by atoms with van der Waals surface area (Å²) in [4.78, 5) is 30.9. The summed E-state index contributed by atoms with van der Waals surface area (Å²) in [6.45, 7) is 2.94. The van der Waals surface area contributed by atoms with Crippen molar-refractivity contribution in [1.82, 2.24) is 9.55 Å². The Morgan fingerprint density at radius 2 is 2.11 bits per heavy atom. The maximum Gasteiger partial charge on any atom is 0.341 e. The van der Waals surface area contributed by atoms with E-state index in [4.69, 9.17) is 9.47 Å². The van der Waals surface area contributed by atoms with E-state index >= 15 is 4.39 Å². The molecule has 3 aromatic rings. The van der Waals surface area contributed by atoms with Gasteiger partial charge in [0, 0.05) is 43.0 Å². The third-order valence-electron chi connectivity index (χ3n) is 7.19. The van der Waals surface area contributed by atoms with E-state index in [1.165, 1.54) is 12.3 Å². The van der Waals surface area contributed by atoms with Crippen LogP contribution < -0.4 is 15.1 Å². The Kier molecular flexibility index (Phi) is 6.19. The molecule has 8 nitrogen and oxygen atoms in total. The second kappa shape index (κ2) is 9.30. The van der Waals surface area contributed by atoms with E-state index in [0.717, 1.165) is 18.4 Å². The minimum absolute atomic E-state index is 0.0238. The van der Waals surface area contributed by atoms with Crippen molar-refractivity contribution in [3.05, 3.63) is 63.8 Å². The molecule has 0 radical (unpaired) electrons. The highest BCUT2D eigenvalue weighted by atomic mass is 19.1. The molecule has 1 atom stereocenters. The molecule has 1 aromatic carbocycles. The summed E-state index contributed by atoms with van der Waals surface area (Å²) in [5.41, 5.74) is 0.817. The molecule has 1 saturated carbocycles. The van der Waals surface area contributed by atoms with Gasteiger partial charge in [-0.25, -0.2) is 14.2 Å². The molecule has 2 aromatic heterocycles. The van der Waals surface area contributed by atoms with E-state index in [1.807, 2.05) is 24.0 Å². The zero-order valence-electron chi connectivity index (χ0n) is 19.7. The molecular weight excluding hydrogens is 453 g/mol. The van der Waals surface area contributed by atoms with Crippen LogP contribution in [0.25, 0.3) is 10.9 Å². The van der Waals surface area contributed by atoms with Crippen LogP contribution in [-0.2, 0) is 4.74 Å². The van der Waals surface area contributed by atoms with Gasteiger partial charge in [0.2, 0.25) is 11.3 Å². The first-order chi connectivity index (χ1) is 16.9. The minimum Gasteiger partial charge on any atom is -0.477 e. The molecular formula is C26H28FN3O5. The fraction of sp³-hybridized carbons (Fsp3) is 0.423. The van der Waals surface area contributed by atoms with E-state index in [1.54, 1.807) is 23.9 Å². The number of carboxylic acid groups (broad SMARTS) is 1. The summed E-state index contributed by atoms with van der Waals surface area (Å²) in [6.07, 6.45) is 6.27. The molecule has 2 fully saturated rings. The lowest BCUT2D eigenvalue weighted by Crippen LogP contribution is -2.36. The number of halogens is 1. The molecule has 0 amide bonds. The molecule has 0 unspecified atom stereocenters. The number of anilines is 1. The van der Waals surface area contributed by atoms with Gasteiger partial charge in [0.1, 0.15) is 18.0 Å². The van der Waals surface area contributed by atoms with Gasteiger partial charge in [-0.3, -0.25) is 4.79 Å². The van der Waals surface area contributed by atoms with Crippen molar-refractivity contribution in [3.8, 4) is 5.88 Å². The number of pyridine rings is 2. The van der Waals surface area contributed by atoms with E-state index in [9.17, 15) is 14.7 Å². The van der Waals surface area contributed by atoms with Crippen molar-refractivity contribution in [2.45, 2.75) is 50.8 Å². The quantitative estimate of drug-likeness (QED) is 0.546. The van der Waals surface area contributed by atoms with Gasteiger partial charge in [0.15, 0.2) is 0 Å². The topological polar surface area (TPSA) is 93.9 Å². The fourth-order valence-corrected chi connectivity index (χ4v) is 5.11. The number of nitrogens with zero attached hydrogens (tertiary/aromatic N) is 3. The Bertz CT molecular complexity index is 1330. The van der Waals surface area contributed by atoms with Gasteiger partial charge in [0.25, 0.3) is 0 Å². The third kappa shape index (κ3) is 4.25. The van der Waals surface area contributed by atoms with Crippen LogP contribution in [0.1, 0.15) is 47.6 Å². The van der Waals surface area contributed by atoms with Crippen molar-refractivity contribution in [2.75, 3.05) is 25.2 Å². The van der Waals surface area contributed by atoms with E-state index < -0.39 is 17.2 Å². The smallest absolute Gasteiger partial charge is 0.341 e. The molecule has 1 aliphatic heterocycles. The van der Waals surface area contributed by atoms with E-state index in [2.05, 4.69) is 4.98 Å². The number of methoxy groups -OCH3 is 1. The Morgan fingerprint density at radius 1 is 1.31 bits per heavy atom. The number of aryl methyl sites for hydroxylation is 1. The van der Waals surface area contributed by atoms with Gasteiger partial charge in [-0.1, -0.05) is 6.07 Å². The molecule has 5 rings (SSSR count). The molecule has 3 heterocycles. The fourth-order valence-electron chi connectivity index (χ4n) is 5.11. The Morgan fingerprint density at radius 3 is 2.83 bits per heavy atom. The summed E-state index contributed by atoms with van der Waals surface area (Å²) < 4.78 is 28.6. The lowest BCUT2D eigenvalue weighted by Gasteiger charge is -2.37. The molecule has 184 valence electrons. The normalized spacial score (nSPS) is 21.8.